The minimum Gasteiger partial charge on any atom is -0.469 e. The molecule has 0 saturated carbocycles. The zero-order valence-electron chi connectivity index (χ0n) is 7.61. The van der Waals surface area contributed by atoms with Gasteiger partial charge < -0.3 is 10.5 Å². The fourth-order valence-corrected chi connectivity index (χ4v) is 0.936. The highest BCUT2D eigenvalue weighted by atomic mass is 32.2. The van der Waals surface area contributed by atoms with E-state index in [1.54, 1.807) is 0 Å². The third-order valence-corrected chi connectivity index (χ3v) is 1.65. The number of thioether (sulfide) groups is 1. The molecule has 0 atom stereocenters. The van der Waals surface area contributed by atoms with E-state index in [9.17, 15) is 9.59 Å². The molecule has 0 radical (unpaired) electrons. The minimum atomic E-state index is -0.270. The predicted octanol–water partition coefficient (Wildman–Crippen LogP) is -0.0693. The first-order valence-corrected chi connectivity index (χ1v) is 4.42. The van der Waals surface area contributed by atoms with Crippen LogP contribution >= 0.6 is 11.8 Å². The summed E-state index contributed by atoms with van der Waals surface area (Å²) in [6.07, 6.45) is 0.556. The molecule has 0 fully saturated rings. The molecule has 0 bridgehead atoms. The van der Waals surface area contributed by atoms with Crippen molar-refractivity contribution in [3.8, 4) is 0 Å². The SMILES string of the molecule is COC(=O)CCSC(C)=O.NC=O. The molecule has 6 heteroatoms. The van der Waals surface area contributed by atoms with Crippen molar-refractivity contribution < 1.29 is 19.1 Å². The van der Waals surface area contributed by atoms with Gasteiger partial charge in [-0.1, -0.05) is 11.8 Å². The lowest BCUT2D eigenvalue weighted by atomic mass is 10.5. The third kappa shape index (κ3) is 18.2. The van der Waals surface area contributed by atoms with Crippen molar-refractivity contribution in [2.24, 2.45) is 5.73 Å². The first-order valence-electron chi connectivity index (χ1n) is 3.44. The fraction of sp³-hybridized carbons (Fsp3) is 0.571. The van der Waals surface area contributed by atoms with Gasteiger partial charge in [-0.2, -0.15) is 0 Å². The predicted molar refractivity (Wildman–Crippen MR) is 50.0 cm³/mol. The summed E-state index contributed by atoms with van der Waals surface area (Å²) in [6, 6.07) is 0. The largest absolute Gasteiger partial charge is 0.469 e. The molecule has 0 aliphatic carbocycles. The van der Waals surface area contributed by atoms with E-state index < -0.39 is 0 Å². The van der Waals surface area contributed by atoms with Gasteiger partial charge in [-0.25, -0.2) is 0 Å². The molecular formula is C7H13NO4S. The van der Waals surface area contributed by atoms with Crippen molar-refractivity contribution in [3.63, 3.8) is 0 Å². The molecule has 0 aliphatic heterocycles. The zero-order chi connectivity index (χ0) is 10.7. The number of primary amides is 1. The van der Waals surface area contributed by atoms with Crippen molar-refractivity contribution in [3.05, 3.63) is 0 Å². The van der Waals surface area contributed by atoms with E-state index in [2.05, 4.69) is 10.5 Å². The summed E-state index contributed by atoms with van der Waals surface area (Å²) in [6.45, 7) is 1.47. The molecule has 0 aromatic rings. The standard InChI is InChI=1S/C6H10O3S.CH3NO/c1-5(7)10-4-3-6(8)9-2;2-1-3/h3-4H2,1-2H3;1H,(H2,2,3). The van der Waals surface area contributed by atoms with Crippen molar-refractivity contribution in [1.29, 1.82) is 0 Å². The van der Waals surface area contributed by atoms with Gasteiger partial charge in [-0.05, 0) is 0 Å². The summed E-state index contributed by atoms with van der Waals surface area (Å²) < 4.78 is 4.37. The number of methoxy groups -OCH3 is 1. The van der Waals surface area contributed by atoms with Crippen LogP contribution in [-0.2, 0) is 19.1 Å². The summed E-state index contributed by atoms with van der Waals surface area (Å²) in [5.74, 6) is 0.246. The second-order valence-electron chi connectivity index (χ2n) is 1.80. The van der Waals surface area contributed by atoms with Crippen LogP contribution in [0.5, 0.6) is 0 Å². The van der Waals surface area contributed by atoms with Gasteiger partial charge in [0.05, 0.1) is 13.5 Å². The third-order valence-electron chi connectivity index (χ3n) is 0.839. The number of amides is 1. The maximum atomic E-state index is 10.4. The van der Waals surface area contributed by atoms with Gasteiger partial charge in [-0.15, -0.1) is 0 Å². The Kier molecular flexibility index (Phi) is 12.2. The van der Waals surface area contributed by atoms with Crippen LogP contribution < -0.4 is 5.73 Å². The molecule has 0 saturated heterocycles. The molecule has 0 aliphatic rings. The van der Waals surface area contributed by atoms with Crippen LogP contribution in [0.25, 0.3) is 0 Å². The average molecular weight is 207 g/mol. The van der Waals surface area contributed by atoms with Crippen molar-refractivity contribution in [2.45, 2.75) is 13.3 Å². The van der Waals surface area contributed by atoms with Gasteiger partial charge in [0.15, 0.2) is 5.12 Å². The lowest BCUT2D eigenvalue weighted by molar-refractivity contribution is -0.140. The molecule has 0 aromatic heterocycles. The first-order chi connectivity index (χ1) is 6.08. The highest BCUT2D eigenvalue weighted by Gasteiger charge is 2.00. The maximum absolute atomic E-state index is 10.4. The average Bonchev–Trinajstić information content (AvgIpc) is 2.05. The smallest absolute Gasteiger partial charge is 0.306 e. The van der Waals surface area contributed by atoms with Crippen molar-refractivity contribution in [2.75, 3.05) is 12.9 Å². The van der Waals surface area contributed by atoms with Crippen LogP contribution in [0, 0.1) is 0 Å². The number of rotatable bonds is 3. The highest BCUT2D eigenvalue weighted by molar-refractivity contribution is 8.13. The fourth-order valence-electron chi connectivity index (χ4n) is 0.380. The minimum absolute atomic E-state index is 0.0314. The van der Waals surface area contributed by atoms with Crippen LogP contribution in [0.1, 0.15) is 13.3 Å². The molecule has 0 aromatic carbocycles. The Labute approximate surface area is 81.0 Å². The summed E-state index contributed by atoms with van der Waals surface area (Å²) in [5.41, 5.74) is 4.17. The maximum Gasteiger partial charge on any atom is 0.306 e. The highest BCUT2D eigenvalue weighted by Crippen LogP contribution is 2.03. The van der Waals surface area contributed by atoms with E-state index in [1.807, 2.05) is 0 Å². The summed E-state index contributed by atoms with van der Waals surface area (Å²) in [4.78, 5) is 29.4. The molecule has 5 nitrogen and oxygen atoms in total. The number of hydrogen-bond donors (Lipinski definition) is 1. The van der Waals surface area contributed by atoms with Crippen LogP contribution in [-0.4, -0.2) is 30.4 Å². The Hall–Kier alpha value is -1.04. The Balaban J connectivity index is 0. The van der Waals surface area contributed by atoms with Crippen LogP contribution in [0.4, 0.5) is 0 Å². The second kappa shape index (κ2) is 11.0. The molecule has 13 heavy (non-hydrogen) atoms. The van der Waals surface area contributed by atoms with E-state index >= 15 is 0 Å². The van der Waals surface area contributed by atoms with E-state index in [-0.39, 0.29) is 17.5 Å². The topological polar surface area (TPSA) is 86.5 Å². The molecule has 0 unspecified atom stereocenters. The Morgan fingerprint density at radius 3 is 2.31 bits per heavy atom. The quantitative estimate of drug-likeness (QED) is 0.517. The number of carbonyl (C=O) groups excluding carboxylic acids is 3. The van der Waals surface area contributed by atoms with E-state index in [0.29, 0.717) is 12.2 Å². The van der Waals surface area contributed by atoms with E-state index in [0.717, 1.165) is 11.8 Å². The lowest BCUT2D eigenvalue weighted by Gasteiger charge is -1.95. The molecule has 0 spiro atoms. The van der Waals surface area contributed by atoms with Crippen LogP contribution in [0.15, 0.2) is 0 Å². The first kappa shape index (κ1) is 14.5. The number of hydrogen-bond acceptors (Lipinski definition) is 5. The van der Waals surface area contributed by atoms with Crippen LogP contribution in [0.2, 0.25) is 0 Å². The Bertz CT molecular complexity index is 172. The van der Waals surface area contributed by atoms with Gasteiger partial charge in [0.2, 0.25) is 6.41 Å². The van der Waals surface area contributed by atoms with Gasteiger partial charge in [-0.3, -0.25) is 14.4 Å². The van der Waals surface area contributed by atoms with E-state index in [4.69, 9.17) is 4.79 Å². The molecule has 0 heterocycles. The number of carbonyl (C=O) groups is 3. The van der Waals surface area contributed by atoms with Gasteiger partial charge in [0, 0.05) is 12.7 Å². The lowest BCUT2D eigenvalue weighted by Crippen LogP contribution is -2.01. The molecule has 0 rings (SSSR count). The Morgan fingerprint density at radius 2 is 2.00 bits per heavy atom. The summed E-state index contributed by atoms with van der Waals surface area (Å²) >= 11 is 1.14. The monoisotopic (exact) mass is 207 g/mol. The number of esters is 1. The summed E-state index contributed by atoms with van der Waals surface area (Å²) in [5, 5.41) is 0.0314. The molecule has 1 amide bonds. The molecule has 2 N–H and O–H groups in total. The van der Waals surface area contributed by atoms with Gasteiger partial charge in [0.25, 0.3) is 0 Å². The van der Waals surface area contributed by atoms with E-state index in [1.165, 1.54) is 14.0 Å². The number of ether oxygens (including phenoxy) is 1. The van der Waals surface area contributed by atoms with Gasteiger partial charge >= 0.3 is 5.97 Å². The Morgan fingerprint density at radius 1 is 1.54 bits per heavy atom. The van der Waals surface area contributed by atoms with Crippen molar-refractivity contribution >= 4 is 29.3 Å². The zero-order valence-corrected chi connectivity index (χ0v) is 8.43. The van der Waals surface area contributed by atoms with Gasteiger partial charge in [0.1, 0.15) is 0 Å². The molecular weight excluding hydrogens is 194 g/mol. The summed E-state index contributed by atoms with van der Waals surface area (Å²) in [7, 11) is 1.33. The number of nitrogens with two attached hydrogens (primary N) is 1. The molecule has 76 valence electrons. The normalized spacial score (nSPS) is 7.85. The van der Waals surface area contributed by atoms with Crippen LogP contribution in [0.3, 0.4) is 0 Å². The second-order valence-corrected chi connectivity index (χ2v) is 3.07. The van der Waals surface area contributed by atoms with Crippen molar-refractivity contribution in [1.82, 2.24) is 0 Å².